The Morgan fingerprint density at radius 2 is 2.08 bits per heavy atom. The van der Waals surface area contributed by atoms with Gasteiger partial charge in [0.05, 0.1) is 6.04 Å². The first-order chi connectivity index (χ1) is 11.4. The predicted molar refractivity (Wildman–Crippen MR) is 86.6 cm³/mol. The van der Waals surface area contributed by atoms with Crippen LogP contribution in [0.15, 0.2) is 12.3 Å². The van der Waals surface area contributed by atoms with E-state index in [0.717, 1.165) is 25.7 Å². The van der Waals surface area contributed by atoms with Gasteiger partial charge in [0, 0.05) is 26.2 Å². The third kappa shape index (κ3) is 4.12. The van der Waals surface area contributed by atoms with E-state index in [0.29, 0.717) is 5.69 Å². The van der Waals surface area contributed by atoms with Crippen molar-refractivity contribution in [3.05, 3.63) is 18.0 Å². The van der Waals surface area contributed by atoms with E-state index >= 15 is 0 Å². The van der Waals surface area contributed by atoms with Crippen LogP contribution in [-0.4, -0.2) is 56.7 Å². The lowest BCUT2D eigenvalue weighted by molar-refractivity contribution is -0.141. The summed E-state index contributed by atoms with van der Waals surface area (Å²) in [6.07, 6.45) is 5.74. The second-order valence-electron chi connectivity index (χ2n) is 6.10. The number of carboxylic acids is 1. The standard InChI is InChI=1S/C16H24N4O4/c1-11(16(23)24)19(10-9-17-12(2)21)15(22)14-7-8-18-20(14)13-5-3-4-6-13/h7-8,11,13H,3-6,9-10H2,1-2H3,(H,17,21)(H,23,24). The van der Waals surface area contributed by atoms with Crippen LogP contribution in [0.2, 0.25) is 0 Å². The number of rotatable bonds is 7. The van der Waals surface area contributed by atoms with Gasteiger partial charge in [-0.3, -0.25) is 14.3 Å². The molecule has 24 heavy (non-hydrogen) atoms. The average Bonchev–Trinajstić information content (AvgIpc) is 3.19. The maximum atomic E-state index is 12.9. The molecule has 132 valence electrons. The first-order valence-electron chi connectivity index (χ1n) is 8.23. The van der Waals surface area contributed by atoms with Gasteiger partial charge in [-0.15, -0.1) is 0 Å². The van der Waals surface area contributed by atoms with Gasteiger partial charge in [0.15, 0.2) is 0 Å². The summed E-state index contributed by atoms with van der Waals surface area (Å²) in [7, 11) is 0. The Morgan fingerprint density at radius 1 is 1.42 bits per heavy atom. The summed E-state index contributed by atoms with van der Waals surface area (Å²) in [5, 5.41) is 16.1. The molecule has 0 aliphatic heterocycles. The smallest absolute Gasteiger partial charge is 0.326 e. The molecule has 8 nitrogen and oxygen atoms in total. The van der Waals surface area contributed by atoms with Crippen molar-refractivity contribution < 1.29 is 19.5 Å². The van der Waals surface area contributed by atoms with Crippen molar-refractivity contribution in [1.29, 1.82) is 0 Å². The topological polar surface area (TPSA) is 105 Å². The number of carbonyl (C=O) groups is 3. The van der Waals surface area contributed by atoms with Crippen LogP contribution in [0.5, 0.6) is 0 Å². The zero-order chi connectivity index (χ0) is 17.7. The summed E-state index contributed by atoms with van der Waals surface area (Å²) in [5.41, 5.74) is 0.401. The molecule has 1 aromatic rings. The number of hydrogen-bond acceptors (Lipinski definition) is 4. The summed E-state index contributed by atoms with van der Waals surface area (Å²) in [6, 6.07) is 0.829. The van der Waals surface area contributed by atoms with Crippen molar-refractivity contribution in [2.45, 2.75) is 51.6 Å². The van der Waals surface area contributed by atoms with Crippen LogP contribution in [0.1, 0.15) is 56.1 Å². The molecule has 1 unspecified atom stereocenters. The molecule has 0 aromatic carbocycles. The molecule has 1 aromatic heterocycles. The Labute approximate surface area is 140 Å². The molecule has 0 saturated heterocycles. The van der Waals surface area contributed by atoms with Crippen LogP contribution in [-0.2, 0) is 9.59 Å². The van der Waals surface area contributed by atoms with Gasteiger partial charge in [-0.05, 0) is 25.8 Å². The van der Waals surface area contributed by atoms with Crippen LogP contribution in [0, 0.1) is 0 Å². The molecule has 8 heteroatoms. The lowest BCUT2D eigenvalue weighted by Crippen LogP contribution is -2.47. The minimum Gasteiger partial charge on any atom is -0.480 e. The fraction of sp³-hybridized carbons (Fsp3) is 0.625. The lowest BCUT2D eigenvalue weighted by Gasteiger charge is -2.27. The largest absolute Gasteiger partial charge is 0.480 e. The predicted octanol–water partition coefficient (Wildman–Crippen LogP) is 1.05. The monoisotopic (exact) mass is 336 g/mol. The Morgan fingerprint density at radius 3 is 2.67 bits per heavy atom. The number of nitrogens with zero attached hydrogens (tertiary/aromatic N) is 3. The van der Waals surface area contributed by atoms with E-state index in [9.17, 15) is 19.5 Å². The first-order valence-corrected chi connectivity index (χ1v) is 8.23. The van der Waals surface area contributed by atoms with E-state index < -0.39 is 12.0 Å². The molecule has 1 saturated carbocycles. The quantitative estimate of drug-likeness (QED) is 0.774. The Balaban J connectivity index is 2.18. The first kappa shape index (κ1) is 18.0. The van der Waals surface area contributed by atoms with Crippen molar-refractivity contribution in [1.82, 2.24) is 20.0 Å². The second-order valence-corrected chi connectivity index (χ2v) is 6.10. The molecule has 2 amide bonds. The summed E-state index contributed by atoms with van der Waals surface area (Å²) >= 11 is 0. The van der Waals surface area contributed by atoms with Crippen LogP contribution in [0.3, 0.4) is 0 Å². The molecule has 1 aliphatic rings. The fourth-order valence-corrected chi connectivity index (χ4v) is 3.03. The van der Waals surface area contributed by atoms with Gasteiger partial charge in [0.1, 0.15) is 11.7 Å². The lowest BCUT2D eigenvalue weighted by atomic mass is 10.2. The zero-order valence-electron chi connectivity index (χ0n) is 14.1. The highest BCUT2D eigenvalue weighted by Crippen LogP contribution is 2.30. The molecule has 0 bridgehead atoms. The minimum absolute atomic E-state index is 0.127. The van der Waals surface area contributed by atoms with Crippen LogP contribution in [0.4, 0.5) is 0 Å². The van der Waals surface area contributed by atoms with Gasteiger partial charge < -0.3 is 15.3 Å². The van der Waals surface area contributed by atoms with Crippen molar-refractivity contribution in [3.8, 4) is 0 Å². The third-order valence-corrected chi connectivity index (χ3v) is 4.37. The van der Waals surface area contributed by atoms with E-state index in [4.69, 9.17) is 0 Å². The number of aliphatic carboxylic acids is 1. The van der Waals surface area contributed by atoms with E-state index in [1.165, 1.54) is 18.7 Å². The summed E-state index contributed by atoms with van der Waals surface area (Å²) in [4.78, 5) is 36.5. The van der Waals surface area contributed by atoms with Gasteiger partial charge >= 0.3 is 5.97 Å². The van der Waals surface area contributed by atoms with E-state index in [1.54, 1.807) is 16.9 Å². The number of amides is 2. The second kappa shape index (κ2) is 7.94. The third-order valence-electron chi connectivity index (χ3n) is 4.37. The number of hydrogen-bond donors (Lipinski definition) is 2. The van der Waals surface area contributed by atoms with Crippen molar-refractivity contribution in [2.24, 2.45) is 0 Å². The highest BCUT2D eigenvalue weighted by atomic mass is 16.4. The van der Waals surface area contributed by atoms with E-state index in [2.05, 4.69) is 10.4 Å². The molecular formula is C16H24N4O4. The molecule has 1 heterocycles. The molecular weight excluding hydrogens is 312 g/mol. The van der Waals surface area contributed by atoms with Gasteiger partial charge in [-0.1, -0.05) is 12.8 Å². The molecule has 0 spiro atoms. The van der Waals surface area contributed by atoms with Crippen LogP contribution < -0.4 is 5.32 Å². The van der Waals surface area contributed by atoms with E-state index in [-0.39, 0.29) is 30.9 Å². The maximum Gasteiger partial charge on any atom is 0.326 e. The van der Waals surface area contributed by atoms with Gasteiger partial charge in [-0.2, -0.15) is 5.10 Å². The highest BCUT2D eigenvalue weighted by molar-refractivity contribution is 5.95. The Bertz CT molecular complexity index is 607. The van der Waals surface area contributed by atoms with Gasteiger partial charge in [0.25, 0.3) is 5.91 Å². The molecule has 1 aliphatic carbocycles. The SMILES string of the molecule is CC(=O)NCCN(C(=O)c1ccnn1C1CCCC1)C(C)C(=O)O. The van der Waals surface area contributed by atoms with Gasteiger partial charge in [-0.25, -0.2) is 4.79 Å². The average molecular weight is 336 g/mol. The normalized spacial score (nSPS) is 15.9. The van der Waals surface area contributed by atoms with Crippen molar-refractivity contribution in [2.75, 3.05) is 13.1 Å². The number of carboxylic acid groups (broad SMARTS) is 1. The summed E-state index contributed by atoms with van der Waals surface area (Å²) in [6.45, 7) is 3.17. The minimum atomic E-state index is -1.09. The number of nitrogens with one attached hydrogen (secondary N) is 1. The fourth-order valence-electron chi connectivity index (χ4n) is 3.03. The molecule has 1 atom stereocenters. The number of carbonyl (C=O) groups excluding carboxylic acids is 2. The number of aromatic nitrogens is 2. The Kier molecular flexibility index (Phi) is 5.94. The van der Waals surface area contributed by atoms with Crippen molar-refractivity contribution >= 4 is 17.8 Å². The Hall–Kier alpha value is -2.38. The van der Waals surface area contributed by atoms with Crippen LogP contribution in [0.25, 0.3) is 0 Å². The molecule has 2 N–H and O–H groups in total. The molecule has 1 fully saturated rings. The highest BCUT2D eigenvalue weighted by Gasteiger charge is 2.30. The van der Waals surface area contributed by atoms with Crippen LogP contribution >= 0.6 is 0 Å². The zero-order valence-corrected chi connectivity index (χ0v) is 14.1. The van der Waals surface area contributed by atoms with Crippen molar-refractivity contribution in [3.63, 3.8) is 0 Å². The summed E-state index contributed by atoms with van der Waals surface area (Å²) < 4.78 is 1.72. The molecule has 2 rings (SSSR count). The summed E-state index contributed by atoms with van der Waals surface area (Å²) in [5.74, 6) is -1.68. The van der Waals surface area contributed by atoms with Gasteiger partial charge in [0.2, 0.25) is 5.91 Å². The maximum absolute atomic E-state index is 12.9. The van der Waals surface area contributed by atoms with E-state index in [1.807, 2.05) is 0 Å². The molecule has 0 radical (unpaired) electrons.